The molecule has 1 amide bonds. The maximum atomic E-state index is 13.3. The maximum absolute atomic E-state index is 13.3. The summed E-state index contributed by atoms with van der Waals surface area (Å²) in [6.45, 7) is 2.84. The lowest BCUT2D eigenvalue weighted by Gasteiger charge is -2.40. The van der Waals surface area contributed by atoms with Gasteiger partial charge in [-0.3, -0.25) is 14.5 Å². The molecule has 1 aromatic heterocycles. The Kier molecular flexibility index (Phi) is 9.13. The number of nitrogens with zero attached hydrogens (tertiary/aromatic N) is 3. The van der Waals surface area contributed by atoms with Gasteiger partial charge in [-0.05, 0) is 62.9 Å². The van der Waals surface area contributed by atoms with Crippen LogP contribution in [-0.4, -0.2) is 81.9 Å². The highest BCUT2D eigenvalue weighted by Crippen LogP contribution is 2.38. The number of anilines is 1. The Balaban J connectivity index is 1.44. The number of benzene rings is 1. The number of pyridine rings is 1. The summed E-state index contributed by atoms with van der Waals surface area (Å²) in [5.74, 6) is -0.386. The lowest BCUT2D eigenvalue weighted by molar-refractivity contribution is -0.165. The van der Waals surface area contributed by atoms with Crippen LogP contribution in [0.1, 0.15) is 54.4 Å². The number of rotatable bonds is 3. The molecule has 0 unspecified atom stereocenters. The van der Waals surface area contributed by atoms with Crippen LogP contribution in [-0.2, 0) is 16.1 Å². The van der Waals surface area contributed by atoms with Crippen molar-refractivity contribution in [1.29, 1.82) is 0 Å². The number of carbonyl (C=O) groups is 2. The zero-order valence-electron chi connectivity index (χ0n) is 21.3. The number of nitrogen functional groups attached to an aromatic ring is 1. The van der Waals surface area contributed by atoms with Crippen molar-refractivity contribution in [2.45, 2.75) is 57.3 Å². The zero-order valence-corrected chi connectivity index (χ0v) is 21.3. The molecule has 1 spiro atoms. The minimum atomic E-state index is -1.22. The molecule has 0 aliphatic carbocycles. The monoisotopic (exact) mass is 510 g/mol. The summed E-state index contributed by atoms with van der Waals surface area (Å²) >= 11 is 0. The van der Waals surface area contributed by atoms with Crippen molar-refractivity contribution in [3.63, 3.8) is 0 Å². The van der Waals surface area contributed by atoms with Gasteiger partial charge in [0.05, 0.1) is 17.1 Å². The highest BCUT2D eigenvalue weighted by atomic mass is 16.5. The van der Waals surface area contributed by atoms with Crippen molar-refractivity contribution < 1.29 is 24.5 Å². The van der Waals surface area contributed by atoms with E-state index in [-0.39, 0.29) is 37.3 Å². The summed E-state index contributed by atoms with van der Waals surface area (Å²) in [5.41, 5.74) is 6.87. The van der Waals surface area contributed by atoms with E-state index in [4.69, 9.17) is 10.5 Å². The van der Waals surface area contributed by atoms with Gasteiger partial charge in [0.1, 0.15) is 18.5 Å². The first-order chi connectivity index (χ1) is 17.9. The zero-order chi connectivity index (χ0) is 26.3. The third kappa shape index (κ3) is 6.85. The first kappa shape index (κ1) is 27.0. The molecule has 9 nitrogen and oxygen atoms in total. The molecule has 1 aromatic carbocycles. The van der Waals surface area contributed by atoms with E-state index in [9.17, 15) is 19.8 Å². The van der Waals surface area contributed by atoms with E-state index in [0.717, 1.165) is 26.1 Å². The number of ether oxygens (including phenoxy) is 1. The number of piperidine rings is 1. The van der Waals surface area contributed by atoms with E-state index < -0.39 is 17.6 Å². The molecule has 3 heterocycles. The molecule has 2 fully saturated rings. The maximum Gasteiger partial charge on any atom is 0.312 e. The SMILES string of the molecule is Nc1ncccc1C(=O)N1CCCCC2(CCN(Cc3ccccc3)CC2)C(=O)OC[C@@H](O)[C@@H](O)CC1. The Bertz CT molecular complexity index is 1040. The van der Waals surface area contributed by atoms with Crippen molar-refractivity contribution in [2.75, 3.05) is 38.5 Å². The quantitative estimate of drug-likeness (QED) is 0.536. The Morgan fingerprint density at radius 1 is 1.00 bits per heavy atom. The molecular weight excluding hydrogens is 472 g/mol. The first-order valence-corrected chi connectivity index (χ1v) is 13.2. The number of aromatic nitrogens is 1. The third-order valence-corrected chi connectivity index (χ3v) is 7.71. The van der Waals surface area contributed by atoms with Crippen LogP contribution in [0.4, 0.5) is 5.82 Å². The summed E-state index contributed by atoms with van der Waals surface area (Å²) in [6, 6.07) is 13.6. The molecule has 2 aliphatic heterocycles. The van der Waals surface area contributed by atoms with Crippen molar-refractivity contribution >= 4 is 17.7 Å². The number of carbonyl (C=O) groups excluding carboxylic acids is 2. The van der Waals surface area contributed by atoms with Crippen molar-refractivity contribution in [2.24, 2.45) is 5.41 Å². The highest BCUT2D eigenvalue weighted by Gasteiger charge is 2.42. The second-order valence-corrected chi connectivity index (χ2v) is 10.2. The second-order valence-electron chi connectivity index (χ2n) is 10.2. The van der Waals surface area contributed by atoms with Gasteiger partial charge in [0, 0.05) is 25.8 Å². The van der Waals surface area contributed by atoms with Crippen molar-refractivity contribution in [3.8, 4) is 0 Å². The fourth-order valence-electron chi connectivity index (χ4n) is 5.29. The van der Waals surface area contributed by atoms with Crippen LogP contribution in [0, 0.1) is 5.41 Å². The molecule has 0 saturated carbocycles. The molecule has 2 saturated heterocycles. The number of likely N-dealkylation sites (tertiary alicyclic amines) is 1. The summed E-state index contributed by atoms with van der Waals surface area (Å²) in [5, 5.41) is 21.0. The minimum Gasteiger partial charge on any atom is -0.462 e. The minimum absolute atomic E-state index is 0.157. The third-order valence-electron chi connectivity index (χ3n) is 7.71. The van der Waals surface area contributed by atoms with Gasteiger partial charge in [-0.15, -0.1) is 0 Å². The Hall–Kier alpha value is -3.01. The number of aliphatic hydroxyl groups is 2. The molecule has 2 atom stereocenters. The van der Waals surface area contributed by atoms with Gasteiger partial charge < -0.3 is 25.6 Å². The van der Waals surface area contributed by atoms with Crippen molar-refractivity contribution in [3.05, 3.63) is 59.8 Å². The van der Waals surface area contributed by atoms with Gasteiger partial charge in [-0.25, -0.2) is 4.98 Å². The number of amides is 1. The Labute approximate surface area is 218 Å². The van der Waals surface area contributed by atoms with E-state index in [1.807, 2.05) is 18.2 Å². The summed E-state index contributed by atoms with van der Waals surface area (Å²) in [7, 11) is 0. The van der Waals surface area contributed by atoms with Gasteiger partial charge in [-0.1, -0.05) is 36.8 Å². The van der Waals surface area contributed by atoms with Crippen LogP contribution < -0.4 is 5.73 Å². The van der Waals surface area contributed by atoms with Crippen LogP contribution in [0.3, 0.4) is 0 Å². The second kappa shape index (κ2) is 12.5. The number of hydrogen-bond acceptors (Lipinski definition) is 8. The van der Waals surface area contributed by atoms with Crippen LogP contribution in [0.5, 0.6) is 0 Å². The molecule has 37 heavy (non-hydrogen) atoms. The molecule has 0 radical (unpaired) electrons. The van der Waals surface area contributed by atoms with E-state index in [1.54, 1.807) is 17.0 Å². The molecule has 9 heteroatoms. The number of esters is 1. The van der Waals surface area contributed by atoms with Crippen LogP contribution >= 0.6 is 0 Å². The van der Waals surface area contributed by atoms with Crippen LogP contribution in [0.2, 0.25) is 0 Å². The molecular formula is C28H38N4O5. The number of aliphatic hydroxyl groups excluding tert-OH is 2. The molecule has 2 aliphatic rings. The first-order valence-electron chi connectivity index (χ1n) is 13.2. The smallest absolute Gasteiger partial charge is 0.312 e. The van der Waals surface area contributed by atoms with Gasteiger partial charge in [0.2, 0.25) is 0 Å². The van der Waals surface area contributed by atoms with Gasteiger partial charge in [0.25, 0.3) is 5.91 Å². The van der Waals surface area contributed by atoms with E-state index in [0.29, 0.717) is 37.8 Å². The molecule has 0 bridgehead atoms. The van der Waals surface area contributed by atoms with E-state index in [2.05, 4.69) is 22.0 Å². The van der Waals surface area contributed by atoms with E-state index >= 15 is 0 Å². The van der Waals surface area contributed by atoms with E-state index in [1.165, 1.54) is 11.8 Å². The lowest BCUT2D eigenvalue weighted by Crippen LogP contribution is -2.45. The normalized spacial score (nSPS) is 23.9. The fourth-order valence-corrected chi connectivity index (χ4v) is 5.29. The number of cyclic esters (lactones) is 1. The van der Waals surface area contributed by atoms with Crippen molar-refractivity contribution in [1.82, 2.24) is 14.8 Å². The predicted octanol–water partition coefficient (Wildman–Crippen LogP) is 2.23. The van der Waals surface area contributed by atoms with Crippen LogP contribution in [0.25, 0.3) is 0 Å². The fraction of sp³-hybridized carbons (Fsp3) is 0.536. The molecule has 4 N–H and O–H groups in total. The largest absolute Gasteiger partial charge is 0.462 e. The van der Waals surface area contributed by atoms with Crippen LogP contribution in [0.15, 0.2) is 48.7 Å². The highest BCUT2D eigenvalue weighted by molar-refractivity contribution is 5.98. The topological polar surface area (TPSA) is 129 Å². The average Bonchev–Trinajstić information content (AvgIpc) is 2.92. The lowest BCUT2D eigenvalue weighted by atomic mass is 9.74. The molecule has 200 valence electrons. The summed E-state index contributed by atoms with van der Waals surface area (Å²) < 4.78 is 5.57. The average molecular weight is 511 g/mol. The van der Waals surface area contributed by atoms with Gasteiger partial charge >= 0.3 is 5.97 Å². The molecule has 2 aromatic rings. The number of nitrogens with two attached hydrogens (primary N) is 1. The summed E-state index contributed by atoms with van der Waals surface area (Å²) in [6.07, 6.45) is 2.80. The Morgan fingerprint density at radius 3 is 2.49 bits per heavy atom. The number of hydrogen-bond donors (Lipinski definition) is 3. The Morgan fingerprint density at radius 2 is 1.76 bits per heavy atom. The van der Waals surface area contributed by atoms with Gasteiger partial charge in [0.15, 0.2) is 0 Å². The predicted molar refractivity (Wildman–Crippen MR) is 139 cm³/mol. The summed E-state index contributed by atoms with van der Waals surface area (Å²) in [4.78, 5) is 34.5. The van der Waals surface area contributed by atoms with Gasteiger partial charge in [-0.2, -0.15) is 0 Å². The standard InChI is InChI=1S/C28H38N4O5/c29-25-22(9-6-14-30-25)26(35)32-15-5-4-11-28(27(36)37-20-24(34)23(33)10-16-32)12-17-31(18-13-28)19-21-7-2-1-3-8-21/h1-3,6-9,14,23-24,33-34H,4-5,10-13,15-20H2,(H2,29,30)/t23-,24+/m0/s1. The molecule has 4 rings (SSSR count).